The summed E-state index contributed by atoms with van der Waals surface area (Å²) in [5, 5.41) is 5.35. The predicted molar refractivity (Wildman–Crippen MR) is 83.0 cm³/mol. The molecule has 2 N–H and O–H groups in total. The lowest BCUT2D eigenvalue weighted by Crippen LogP contribution is -2.31. The Morgan fingerprint density at radius 1 is 1.14 bits per heavy atom. The molecule has 0 saturated heterocycles. The number of carbonyl (C=O) groups excluding carboxylic acids is 2. The number of benzene rings is 2. The minimum Gasteiger partial charge on any atom is -0.480 e. The zero-order chi connectivity index (χ0) is 15.5. The zero-order valence-electron chi connectivity index (χ0n) is 12.1. The summed E-state index contributed by atoms with van der Waals surface area (Å²) >= 11 is 0. The number of anilines is 1. The van der Waals surface area contributed by atoms with Crippen LogP contribution in [0.4, 0.5) is 5.69 Å². The van der Waals surface area contributed by atoms with Gasteiger partial charge in [0.25, 0.3) is 11.8 Å². The summed E-state index contributed by atoms with van der Waals surface area (Å²) < 4.78 is 5.65. The van der Waals surface area contributed by atoms with Crippen LogP contribution >= 0.6 is 0 Å². The molecule has 2 aromatic carbocycles. The van der Waals surface area contributed by atoms with Gasteiger partial charge in [0, 0.05) is 24.7 Å². The normalized spacial score (nSPS) is 15.6. The van der Waals surface area contributed by atoms with E-state index in [0.29, 0.717) is 17.7 Å². The fraction of sp³-hybridized carbons (Fsp3) is 0.176. The van der Waals surface area contributed by atoms with Crippen LogP contribution in [0, 0.1) is 0 Å². The van der Waals surface area contributed by atoms with Gasteiger partial charge in [-0.15, -0.1) is 0 Å². The molecule has 0 spiro atoms. The smallest absolute Gasteiger partial charge is 0.265 e. The van der Waals surface area contributed by atoms with E-state index in [-0.39, 0.29) is 11.8 Å². The Morgan fingerprint density at radius 2 is 1.95 bits per heavy atom. The highest BCUT2D eigenvalue weighted by atomic mass is 16.5. The molecule has 5 heteroatoms. The van der Waals surface area contributed by atoms with Gasteiger partial charge < -0.3 is 15.4 Å². The number of carbonyl (C=O) groups is 2. The Balaban J connectivity index is 1.69. The molecule has 3 rings (SSSR count). The standard InChI is InChI=1S/C17H16N2O3/c1-18-16(20)12-6-4-7-13(9-12)19-17(21)15-10-11-5-2-3-8-14(11)22-15/h2-9,15H,10H2,1H3,(H,18,20)(H,19,21). The average molecular weight is 296 g/mol. The minimum atomic E-state index is -0.541. The first-order chi connectivity index (χ1) is 10.7. The second-order valence-electron chi connectivity index (χ2n) is 5.07. The first kappa shape index (κ1) is 14.1. The van der Waals surface area contributed by atoms with E-state index >= 15 is 0 Å². The Hall–Kier alpha value is -2.82. The van der Waals surface area contributed by atoms with Gasteiger partial charge in [0.15, 0.2) is 6.10 Å². The monoisotopic (exact) mass is 296 g/mol. The second kappa shape index (κ2) is 5.89. The van der Waals surface area contributed by atoms with Gasteiger partial charge in [0.1, 0.15) is 5.75 Å². The van der Waals surface area contributed by atoms with Crippen molar-refractivity contribution in [2.75, 3.05) is 12.4 Å². The first-order valence-electron chi connectivity index (χ1n) is 7.05. The van der Waals surface area contributed by atoms with Crippen LogP contribution in [0.3, 0.4) is 0 Å². The maximum absolute atomic E-state index is 12.3. The summed E-state index contributed by atoms with van der Waals surface area (Å²) in [6, 6.07) is 14.4. The molecule has 22 heavy (non-hydrogen) atoms. The van der Waals surface area contributed by atoms with Gasteiger partial charge in [-0.2, -0.15) is 0 Å². The van der Waals surface area contributed by atoms with Crippen LogP contribution in [0.1, 0.15) is 15.9 Å². The molecule has 1 aliphatic heterocycles. The lowest BCUT2D eigenvalue weighted by molar-refractivity contribution is -0.122. The molecule has 0 saturated carbocycles. The molecule has 0 aliphatic carbocycles. The highest BCUT2D eigenvalue weighted by molar-refractivity contribution is 5.98. The van der Waals surface area contributed by atoms with Crippen LogP contribution in [0.2, 0.25) is 0 Å². The van der Waals surface area contributed by atoms with Crippen molar-refractivity contribution >= 4 is 17.5 Å². The molecule has 2 aromatic rings. The van der Waals surface area contributed by atoms with E-state index in [1.54, 1.807) is 31.3 Å². The van der Waals surface area contributed by atoms with Crippen molar-refractivity contribution in [2.24, 2.45) is 0 Å². The number of rotatable bonds is 3. The van der Waals surface area contributed by atoms with Crippen molar-refractivity contribution < 1.29 is 14.3 Å². The third-order valence-corrected chi connectivity index (χ3v) is 3.56. The largest absolute Gasteiger partial charge is 0.480 e. The highest BCUT2D eigenvalue weighted by Gasteiger charge is 2.28. The summed E-state index contributed by atoms with van der Waals surface area (Å²) in [6.45, 7) is 0. The summed E-state index contributed by atoms with van der Waals surface area (Å²) in [6.07, 6.45) is 0.0120. The molecular formula is C17H16N2O3. The highest BCUT2D eigenvalue weighted by Crippen LogP contribution is 2.28. The van der Waals surface area contributed by atoms with Crippen LogP contribution in [0.15, 0.2) is 48.5 Å². The van der Waals surface area contributed by atoms with E-state index in [2.05, 4.69) is 10.6 Å². The fourth-order valence-electron chi connectivity index (χ4n) is 2.43. The molecule has 2 amide bonds. The van der Waals surface area contributed by atoms with E-state index in [1.165, 1.54) is 0 Å². The lowest BCUT2D eigenvalue weighted by atomic mass is 10.1. The summed E-state index contributed by atoms with van der Waals surface area (Å²) in [5.41, 5.74) is 2.10. The zero-order valence-corrected chi connectivity index (χ0v) is 12.1. The van der Waals surface area contributed by atoms with Crippen LogP contribution in [-0.4, -0.2) is 25.0 Å². The van der Waals surface area contributed by atoms with Crippen LogP contribution < -0.4 is 15.4 Å². The Labute approximate surface area is 128 Å². The molecule has 1 unspecified atom stereocenters. The molecule has 0 aromatic heterocycles. The topological polar surface area (TPSA) is 67.4 Å². The number of ether oxygens (including phenoxy) is 1. The molecular weight excluding hydrogens is 280 g/mol. The molecule has 0 radical (unpaired) electrons. The Bertz CT molecular complexity index is 702. The summed E-state index contributed by atoms with van der Waals surface area (Å²) in [4.78, 5) is 23.9. The van der Waals surface area contributed by atoms with Crippen molar-refractivity contribution in [3.63, 3.8) is 0 Å². The van der Waals surface area contributed by atoms with Gasteiger partial charge in [-0.1, -0.05) is 24.3 Å². The molecule has 112 valence electrons. The number of nitrogens with one attached hydrogen (secondary N) is 2. The van der Waals surface area contributed by atoms with Crippen molar-refractivity contribution in [1.82, 2.24) is 5.32 Å². The Kier molecular flexibility index (Phi) is 3.78. The quantitative estimate of drug-likeness (QED) is 0.910. The van der Waals surface area contributed by atoms with E-state index in [9.17, 15) is 9.59 Å². The van der Waals surface area contributed by atoms with E-state index in [4.69, 9.17) is 4.74 Å². The number of fused-ring (bicyclic) bond motifs is 1. The lowest BCUT2D eigenvalue weighted by Gasteiger charge is -2.12. The second-order valence-corrected chi connectivity index (χ2v) is 5.07. The van der Waals surface area contributed by atoms with Crippen LogP contribution in [-0.2, 0) is 11.2 Å². The molecule has 1 aliphatic rings. The number of para-hydroxylation sites is 1. The van der Waals surface area contributed by atoms with E-state index in [1.807, 2.05) is 24.3 Å². The third kappa shape index (κ3) is 2.79. The van der Waals surface area contributed by atoms with Crippen molar-refractivity contribution in [3.8, 4) is 5.75 Å². The van der Waals surface area contributed by atoms with Crippen molar-refractivity contribution in [1.29, 1.82) is 0 Å². The SMILES string of the molecule is CNC(=O)c1cccc(NC(=O)C2Cc3ccccc3O2)c1. The van der Waals surface area contributed by atoms with E-state index in [0.717, 1.165) is 11.3 Å². The summed E-state index contributed by atoms with van der Waals surface area (Å²) in [5.74, 6) is 0.340. The maximum Gasteiger partial charge on any atom is 0.265 e. The van der Waals surface area contributed by atoms with Gasteiger partial charge in [-0.05, 0) is 29.8 Å². The van der Waals surface area contributed by atoms with E-state index < -0.39 is 6.10 Å². The predicted octanol–water partition coefficient (Wildman–Crippen LogP) is 1.99. The summed E-state index contributed by atoms with van der Waals surface area (Å²) in [7, 11) is 1.57. The van der Waals surface area contributed by atoms with Gasteiger partial charge in [-0.3, -0.25) is 9.59 Å². The van der Waals surface area contributed by atoms with Crippen molar-refractivity contribution in [3.05, 3.63) is 59.7 Å². The molecule has 0 fully saturated rings. The average Bonchev–Trinajstić information content (AvgIpc) is 2.98. The number of hydrogen-bond acceptors (Lipinski definition) is 3. The fourth-order valence-corrected chi connectivity index (χ4v) is 2.43. The Morgan fingerprint density at radius 3 is 2.73 bits per heavy atom. The van der Waals surface area contributed by atoms with Crippen LogP contribution in [0.5, 0.6) is 5.75 Å². The van der Waals surface area contributed by atoms with Gasteiger partial charge in [-0.25, -0.2) is 0 Å². The molecule has 0 bridgehead atoms. The van der Waals surface area contributed by atoms with Gasteiger partial charge >= 0.3 is 0 Å². The molecule has 1 atom stereocenters. The first-order valence-corrected chi connectivity index (χ1v) is 7.05. The number of hydrogen-bond donors (Lipinski definition) is 2. The molecule has 5 nitrogen and oxygen atoms in total. The minimum absolute atomic E-state index is 0.194. The van der Waals surface area contributed by atoms with Crippen LogP contribution in [0.25, 0.3) is 0 Å². The van der Waals surface area contributed by atoms with Gasteiger partial charge in [0.2, 0.25) is 0 Å². The maximum atomic E-state index is 12.3. The van der Waals surface area contributed by atoms with Gasteiger partial charge in [0.05, 0.1) is 0 Å². The number of amides is 2. The third-order valence-electron chi connectivity index (χ3n) is 3.56. The van der Waals surface area contributed by atoms with Crippen molar-refractivity contribution in [2.45, 2.75) is 12.5 Å². The molecule has 1 heterocycles.